The lowest BCUT2D eigenvalue weighted by Crippen LogP contribution is -2.51. The fraction of sp³-hybridized carbons (Fsp3) is 0.381. The Morgan fingerprint density at radius 3 is 2.47 bits per heavy atom. The highest BCUT2D eigenvalue weighted by atomic mass is 35.5. The van der Waals surface area contributed by atoms with Crippen molar-refractivity contribution in [3.8, 4) is 0 Å². The zero-order chi connectivity index (χ0) is 23.1. The molecule has 1 aliphatic rings. The van der Waals surface area contributed by atoms with Gasteiger partial charge in [-0.05, 0) is 67.8 Å². The molecular weight excluding hydrogens is 461 g/mol. The number of rotatable bonds is 8. The van der Waals surface area contributed by atoms with Crippen LogP contribution in [0.4, 0.5) is 14.9 Å². The maximum absolute atomic E-state index is 13.1. The summed E-state index contributed by atoms with van der Waals surface area (Å²) in [7, 11) is -3.88. The summed E-state index contributed by atoms with van der Waals surface area (Å²) >= 11 is 5.81. The van der Waals surface area contributed by atoms with E-state index >= 15 is 0 Å². The van der Waals surface area contributed by atoms with Crippen LogP contribution in [0.25, 0.3) is 0 Å². The highest BCUT2D eigenvalue weighted by Crippen LogP contribution is 2.23. The molecule has 0 aliphatic carbocycles. The SMILES string of the molecule is O=C(NCC[C@H]1CC[C@@H](NS(=O)(=O)c2ccc(F)cc2)[C@@H](CO)O1)Nc1ccc(Cl)cc1. The third kappa shape index (κ3) is 6.88. The minimum Gasteiger partial charge on any atom is -0.394 e. The van der Waals surface area contributed by atoms with Crippen LogP contribution in [-0.2, 0) is 14.8 Å². The van der Waals surface area contributed by atoms with E-state index in [4.69, 9.17) is 16.3 Å². The second kappa shape index (κ2) is 11.1. The van der Waals surface area contributed by atoms with Crippen molar-refractivity contribution >= 4 is 33.3 Å². The zero-order valence-electron chi connectivity index (χ0n) is 17.1. The van der Waals surface area contributed by atoms with Gasteiger partial charge < -0.3 is 20.5 Å². The van der Waals surface area contributed by atoms with Crippen LogP contribution in [0.3, 0.4) is 0 Å². The molecule has 1 heterocycles. The number of nitrogens with one attached hydrogen (secondary N) is 3. The fourth-order valence-electron chi connectivity index (χ4n) is 3.42. The molecule has 2 aromatic rings. The largest absolute Gasteiger partial charge is 0.394 e. The van der Waals surface area contributed by atoms with Gasteiger partial charge in [-0.2, -0.15) is 0 Å². The zero-order valence-corrected chi connectivity index (χ0v) is 18.7. The summed E-state index contributed by atoms with van der Waals surface area (Å²) in [5, 5.41) is 15.7. The Kier molecular flexibility index (Phi) is 8.44. The van der Waals surface area contributed by atoms with Crippen LogP contribution in [0.1, 0.15) is 19.3 Å². The van der Waals surface area contributed by atoms with Gasteiger partial charge in [0, 0.05) is 17.3 Å². The normalized spacial score (nSPS) is 21.2. The number of benzene rings is 2. The van der Waals surface area contributed by atoms with Gasteiger partial charge in [0.15, 0.2) is 0 Å². The summed E-state index contributed by atoms with van der Waals surface area (Å²) in [6.45, 7) is -0.0220. The average molecular weight is 486 g/mol. The van der Waals surface area contributed by atoms with Crippen LogP contribution >= 0.6 is 11.6 Å². The maximum atomic E-state index is 13.1. The number of carbonyl (C=O) groups is 1. The summed E-state index contributed by atoms with van der Waals surface area (Å²) in [5.74, 6) is -0.531. The molecule has 32 heavy (non-hydrogen) atoms. The average Bonchev–Trinajstić information content (AvgIpc) is 2.76. The minimum atomic E-state index is -3.88. The predicted molar refractivity (Wildman–Crippen MR) is 119 cm³/mol. The molecule has 0 spiro atoms. The highest BCUT2D eigenvalue weighted by molar-refractivity contribution is 7.89. The first-order valence-electron chi connectivity index (χ1n) is 10.1. The Morgan fingerprint density at radius 2 is 1.81 bits per heavy atom. The van der Waals surface area contributed by atoms with Gasteiger partial charge in [0.1, 0.15) is 5.82 Å². The van der Waals surface area contributed by atoms with Gasteiger partial charge in [-0.25, -0.2) is 22.3 Å². The Morgan fingerprint density at radius 1 is 1.12 bits per heavy atom. The Labute approximate surface area is 191 Å². The Hall–Kier alpha value is -2.24. The standard InChI is InChI=1S/C21H25ClFN3O5S/c22-14-1-5-16(6-2-14)25-21(28)24-12-11-17-7-10-19(20(13-27)31-17)26-32(29,30)18-8-3-15(23)4-9-18/h1-6,8-9,17,19-20,26-27H,7,10-13H2,(H2,24,25,28)/t17-,19-,20-/m1/s1. The van der Waals surface area contributed by atoms with Crippen molar-refractivity contribution in [3.05, 3.63) is 59.4 Å². The number of halogens is 2. The number of hydrogen-bond donors (Lipinski definition) is 4. The lowest BCUT2D eigenvalue weighted by molar-refractivity contribution is -0.0871. The van der Waals surface area contributed by atoms with Gasteiger partial charge in [-0.3, -0.25) is 0 Å². The number of aliphatic hydroxyl groups excluding tert-OH is 1. The third-order valence-electron chi connectivity index (χ3n) is 5.08. The van der Waals surface area contributed by atoms with Crippen LogP contribution in [0.15, 0.2) is 53.4 Å². The molecule has 1 fully saturated rings. The number of hydrogen-bond acceptors (Lipinski definition) is 5. The van der Waals surface area contributed by atoms with Crippen molar-refractivity contribution in [2.24, 2.45) is 0 Å². The van der Waals surface area contributed by atoms with Gasteiger partial charge in [-0.15, -0.1) is 0 Å². The van der Waals surface area contributed by atoms with Crippen LogP contribution in [0, 0.1) is 5.82 Å². The first-order chi connectivity index (χ1) is 15.3. The topological polar surface area (TPSA) is 117 Å². The lowest BCUT2D eigenvalue weighted by atomic mass is 9.98. The number of carbonyl (C=O) groups excluding carboxylic acids is 1. The summed E-state index contributed by atoms with van der Waals surface area (Å²) in [5.41, 5.74) is 0.609. The second-order valence-electron chi connectivity index (χ2n) is 7.41. The molecule has 8 nitrogen and oxygen atoms in total. The van der Waals surface area contributed by atoms with Crippen molar-refractivity contribution in [1.82, 2.24) is 10.0 Å². The third-order valence-corrected chi connectivity index (χ3v) is 6.84. The van der Waals surface area contributed by atoms with Crippen LogP contribution in [-0.4, -0.2) is 51.0 Å². The van der Waals surface area contributed by atoms with Crippen LogP contribution in [0.5, 0.6) is 0 Å². The smallest absolute Gasteiger partial charge is 0.319 e. The van der Waals surface area contributed by atoms with Gasteiger partial charge in [0.2, 0.25) is 10.0 Å². The van der Waals surface area contributed by atoms with E-state index in [1.165, 1.54) is 12.1 Å². The minimum absolute atomic E-state index is 0.0615. The van der Waals surface area contributed by atoms with Crippen molar-refractivity contribution < 1.29 is 27.4 Å². The van der Waals surface area contributed by atoms with Gasteiger partial charge in [0.05, 0.1) is 29.8 Å². The van der Waals surface area contributed by atoms with Crippen molar-refractivity contribution in [2.45, 2.75) is 42.4 Å². The van der Waals surface area contributed by atoms with E-state index in [0.717, 1.165) is 12.1 Å². The lowest BCUT2D eigenvalue weighted by Gasteiger charge is -2.36. The highest BCUT2D eigenvalue weighted by Gasteiger charge is 2.33. The molecule has 2 aromatic carbocycles. The summed E-state index contributed by atoms with van der Waals surface area (Å²) in [4.78, 5) is 11.9. The van der Waals surface area contributed by atoms with Crippen molar-refractivity contribution in [2.75, 3.05) is 18.5 Å². The van der Waals surface area contributed by atoms with Gasteiger partial charge in [-0.1, -0.05) is 11.6 Å². The molecule has 0 saturated carbocycles. The number of ether oxygens (including phenoxy) is 1. The van der Waals surface area contributed by atoms with E-state index in [9.17, 15) is 22.7 Å². The number of aliphatic hydroxyl groups is 1. The molecule has 3 atom stereocenters. The molecule has 0 bridgehead atoms. The number of urea groups is 1. The van der Waals surface area contributed by atoms with E-state index < -0.39 is 28.0 Å². The van der Waals surface area contributed by atoms with E-state index in [2.05, 4.69) is 15.4 Å². The maximum Gasteiger partial charge on any atom is 0.319 e. The number of anilines is 1. The molecule has 0 radical (unpaired) electrons. The molecule has 1 aliphatic heterocycles. The first kappa shape index (κ1) is 24.4. The van der Waals surface area contributed by atoms with E-state index in [1.807, 2.05) is 0 Å². The fourth-order valence-corrected chi connectivity index (χ4v) is 4.84. The quantitative estimate of drug-likeness (QED) is 0.458. The molecule has 0 aromatic heterocycles. The molecule has 4 N–H and O–H groups in total. The molecule has 11 heteroatoms. The first-order valence-corrected chi connectivity index (χ1v) is 12.0. The van der Waals surface area contributed by atoms with Crippen LogP contribution < -0.4 is 15.4 Å². The van der Waals surface area contributed by atoms with Gasteiger partial charge in [0.25, 0.3) is 0 Å². The molecule has 3 rings (SSSR count). The Bertz CT molecular complexity index is 1010. The molecule has 174 valence electrons. The molecule has 0 unspecified atom stereocenters. The monoisotopic (exact) mass is 485 g/mol. The second-order valence-corrected chi connectivity index (χ2v) is 9.57. The predicted octanol–water partition coefficient (Wildman–Crippen LogP) is 2.88. The Balaban J connectivity index is 1.46. The summed E-state index contributed by atoms with van der Waals surface area (Å²) < 4.78 is 46.5. The summed E-state index contributed by atoms with van der Waals surface area (Å²) in [6.07, 6.45) is 0.532. The number of amides is 2. The van der Waals surface area contributed by atoms with Crippen molar-refractivity contribution in [3.63, 3.8) is 0 Å². The van der Waals surface area contributed by atoms with Crippen molar-refractivity contribution in [1.29, 1.82) is 0 Å². The summed E-state index contributed by atoms with van der Waals surface area (Å²) in [6, 6.07) is 10.2. The van der Waals surface area contributed by atoms with E-state index in [1.54, 1.807) is 24.3 Å². The van der Waals surface area contributed by atoms with Gasteiger partial charge >= 0.3 is 6.03 Å². The van der Waals surface area contributed by atoms with Crippen LogP contribution in [0.2, 0.25) is 5.02 Å². The van der Waals surface area contributed by atoms with E-state index in [0.29, 0.717) is 36.5 Å². The molecule has 1 saturated heterocycles. The molecule has 2 amide bonds. The van der Waals surface area contributed by atoms with E-state index in [-0.39, 0.29) is 23.6 Å². The number of sulfonamides is 1. The molecular formula is C21H25ClFN3O5S.